The summed E-state index contributed by atoms with van der Waals surface area (Å²) >= 11 is 0. The van der Waals surface area contributed by atoms with E-state index in [4.69, 9.17) is 10.8 Å². The number of nitrogens with zero attached hydrogens (tertiary/aromatic N) is 2. The van der Waals surface area contributed by atoms with E-state index in [0.29, 0.717) is 0 Å². The fourth-order valence-corrected chi connectivity index (χ4v) is 3.47. The fraction of sp³-hybridized carbons (Fsp3) is 0.120. The van der Waals surface area contributed by atoms with Gasteiger partial charge in [-0.3, -0.25) is 4.98 Å². The van der Waals surface area contributed by atoms with Crippen molar-refractivity contribution >= 4 is 22.1 Å². The number of furan rings is 1. The normalized spacial score (nSPS) is 12.4. The van der Waals surface area contributed by atoms with Gasteiger partial charge >= 0.3 is 0 Å². The minimum absolute atomic E-state index is 0.670. The van der Waals surface area contributed by atoms with E-state index in [9.17, 15) is 0 Å². The fourth-order valence-electron chi connectivity index (χ4n) is 3.47. The van der Waals surface area contributed by atoms with Crippen LogP contribution >= 0.6 is 0 Å². The summed E-state index contributed by atoms with van der Waals surface area (Å²) in [6, 6.07) is 24.0. The van der Waals surface area contributed by atoms with Crippen LogP contribution in [0.5, 0.6) is 0 Å². The lowest BCUT2D eigenvalue weighted by molar-refractivity contribution is 0.668. The van der Waals surface area contributed by atoms with Gasteiger partial charge in [-0.25, -0.2) is 4.98 Å². The summed E-state index contributed by atoms with van der Waals surface area (Å²) in [6.45, 7) is 3.77. The van der Waals surface area contributed by atoms with Crippen LogP contribution in [0.1, 0.15) is 26.7 Å². The van der Waals surface area contributed by atoms with Gasteiger partial charge in [0.1, 0.15) is 11.1 Å². The van der Waals surface area contributed by atoms with Gasteiger partial charge < -0.3 is 4.42 Å². The van der Waals surface area contributed by atoms with Gasteiger partial charge in [-0.2, -0.15) is 0 Å². The van der Waals surface area contributed by atoms with Gasteiger partial charge in [-0.1, -0.05) is 44.2 Å². The van der Waals surface area contributed by atoms with Gasteiger partial charge in [0.15, 0.2) is 5.58 Å². The van der Waals surface area contributed by atoms with Crippen LogP contribution in [0.4, 0.5) is 0 Å². The van der Waals surface area contributed by atoms with Crippen LogP contribution in [0.15, 0.2) is 83.4 Å². The average Bonchev–Trinajstić information content (AvgIpc) is 3.11. The van der Waals surface area contributed by atoms with E-state index in [1.165, 1.54) is 0 Å². The molecule has 0 bridgehead atoms. The van der Waals surface area contributed by atoms with Crippen molar-refractivity contribution in [2.75, 3.05) is 0 Å². The lowest BCUT2D eigenvalue weighted by atomic mass is 10.0. The molecule has 0 aliphatic rings. The van der Waals surface area contributed by atoms with E-state index in [-0.39, 0.29) is 0 Å². The molecule has 0 atom stereocenters. The molecule has 5 aromatic rings. The molecule has 0 amide bonds. The minimum atomic E-state index is -0.670. The zero-order valence-electron chi connectivity index (χ0n) is 16.8. The Morgan fingerprint density at radius 1 is 0.821 bits per heavy atom. The van der Waals surface area contributed by atoms with E-state index in [0.717, 1.165) is 50.1 Å². The van der Waals surface area contributed by atoms with Crippen molar-refractivity contribution in [3.8, 4) is 22.5 Å². The highest BCUT2D eigenvalue weighted by molar-refractivity contribution is 6.04. The van der Waals surface area contributed by atoms with E-state index in [1.54, 1.807) is 6.20 Å². The molecular weight excluding hydrogens is 344 g/mol. The highest BCUT2D eigenvalue weighted by Crippen LogP contribution is 2.33. The zero-order chi connectivity index (χ0) is 20.0. The Kier molecular flexibility index (Phi) is 3.68. The van der Waals surface area contributed by atoms with Gasteiger partial charge in [0.2, 0.25) is 0 Å². The maximum absolute atomic E-state index is 8.30. The molecule has 2 aromatic carbocycles. The molecule has 0 saturated carbocycles. The van der Waals surface area contributed by atoms with Crippen molar-refractivity contribution in [3.63, 3.8) is 0 Å². The van der Waals surface area contributed by atoms with Crippen LogP contribution in [0.2, 0.25) is 0 Å². The molecule has 5 rings (SSSR count). The Hall–Kier alpha value is -3.46. The van der Waals surface area contributed by atoms with Crippen molar-refractivity contribution in [3.05, 3.63) is 84.6 Å². The molecule has 3 heteroatoms. The van der Waals surface area contributed by atoms with E-state index >= 15 is 0 Å². The molecular formula is C25H20N2O. The first-order chi connectivity index (χ1) is 14.0. The number of rotatable bonds is 3. The summed E-state index contributed by atoms with van der Waals surface area (Å²) in [5.74, 6) is -0.670. The van der Waals surface area contributed by atoms with Crippen molar-refractivity contribution in [1.29, 1.82) is 0 Å². The third-order valence-electron chi connectivity index (χ3n) is 5.02. The Morgan fingerprint density at radius 2 is 1.64 bits per heavy atom. The van der Waals surface area contributed by atoms with E-state index < -0.39 is 5.89 Å². The third-order valence-corrected chi connectivity index (χ3v) is 5.02. The molecule has 0 fully saturated rings. The number of fused-ring (bicyclic) bond motifs is 3. The van der Waals surface area contributed by atoms with Crippen LogP contribution in [-0.4, -0.2) is 9.97 Å². The predicted octanol–water partition coefficient (Wildman–Crippen LogP) is 6.83. The lowest BCUT2D eigenvalue weighted by Crippen LogP contribution is -1.90. The molecule has 0 aliphatic heterocycles. The second kappa shape index (κ2) is 6.61. The quantitative estimate of drug-likeness (QED) is 0.351. The summed E-state index contributed by atoms with van der Waals surface area (Å²) in [5.41, 5.74) is 7.18. The summed E-state index contributed by atoms with van der Waals surface area (Å²) in [4.78, 5) is 9.41. The molecule has 0 N–H and O–H groups in total. The second-order valence-electron chi connectivity index (χ2n) is 7.15. The summed E-state index contributed by atoms with van der Waals surface area (Å²) in [6.07, 6.45) is 1.77. The Morgan fingerprint density at radius 3 is 2.46 bits per heavy atom. The molecule has 0 aliphatic carbocycles. The van der Waals surface area contributed by atoms with Crippen molar-refractivity contribution in [2.45, 2.75) is 19.7 Å². The number of aromatic nitrogens is 2. The van der Waals surface area contributed by atoms with Crippen LogP contribution in [0.25, 0.3) is 44.6 Å². The molecule has 0 saturated heterocycles. The van der Waals surface area contributed by atoms with Gasteiger partial charge in [-0.05, 0) is 53.9 Å². The Labute approximate surface area is 165 Å². The lowest BCUT2D eigenvalue weighted by Gasteiger charge is -2.07. The smallest absolute Gasteiger partial charge is 0.153 e. The average molecular weight is 365 g/mol. The largest absolute Gasteiger partial charge is 0.454 e. The number of pyridine rings is 2. The maximum Gasteiger partial charge on any atom is 0.153 e. The summed E-state index contributed by atoms with van der Waals surface area (Å²) in [5, 5.41) is 0.965. The summed E-state index contributed by atoms with van der Waals surface area (Å²) in [7, 11) is 0. The van der Waals surface area contributed by atoms with Gasteiger partial charge in [0, 0.05) is 24.1 Å². The van der Waals surface area contributed by atoms with E-state index in [2.05, 4.69) is 23.2 Å². The molecule has 0 radical (unpaired) electrons. The molecule has 136 valence electrons. The van der Waals surface area contributed by atoms with Crippen LogP contribution in [-0.2, 0) is 0 Å². The van der Waals surface area contributed by atoms with Crippen molar-refractivity contribution in [2.24, 2.45) is 0 Å². The second-order valence-corrected chi connectivity index (χ2v) is 7.15. The Balaban J connectivity index is 1.67. The monoisotopic (exact) mass is 365 g/mol. The summed E-state index contributed by atoms with van der Waals surface area (Å²) < 4.78 is 14.3. The van der Waals surface area contributed by atoms with Gasteiger partial charge in [-0.15, -0.1) is 0 Å². The van der Waals surface area contributed by atoms with Crippen molar-refractivity contribution in [1.82, 2.24) is 9.97 Å². The van der Waals surface area contributed by atoms with Crippen LogP contribution in [0.3, 0.4) is 0 Å². The molecule has 28 heavy (non-hydrogen) atoms. The minimum Gasteiger partial charge on any atom is -0.454 e. The first-order valence-electron chi connectivity index (χ1n) is 9.85. The molecule has 3 nitrogen and oxygen atoms in total. The zero-order valence-corrected chi connectivity index (χ0v) is 15.8. The molecule has 0 unspecified atom stereocenters. The first kappa shape index (κ1) is 15.6. The molecule has 3 aromatic heterocycles. The topological polar surface area (TPSA) is 38.9 Å². The van der Waals surface area contributed by atoms with Crippen LogP contribution in [0, 0.1) is 0 Å². The molecule has 0 spiro atoms. The number of hydrogen-bond donors (Lipinski definition) is 0. The highest BCUT2D eigenvalue weighted by atomic mass is 16.3. The SMILES string of the molecule is [2H]C(C)(C)c1ccnc(-c2ccc3oc4ccc(-c5ccccc5)nc4c3c2)c1. The standard InChI is InChI=1S/C25H20N2O/c1-16(2)18-12-13-26-22(15-18)19-8-10-23-20(14-19)25-24(28-23)11-9-21(27-25)17-6-4-3-5-7-17/h3-16H,1-2H3/i16D. The Bertz CT molecular complexity index is 1330. The number of hydrogen-bond acceptors (Lipinski definition) is 3. The van der Waals surface area contributed by atoms with Crippen LogP contribution < -0.4 is 0 Å². The third kappa shape index (κ3) is 2.85. The van der Waals surface area contributed by atoms with Gasteiger partial charge in [0.25, 0.3) is 0 Å². The predicted molar refractivity (Wildman–Crippen MR) is 114 cm³/mol. The van der Waals surface area contributed by atoms with Crippen molar-refractivity contribution < 1.29 is 5.79 Å². The number of benzene rings is 2. The highest BCUT2D eigenvalue weighted by Gasteiger charge is 2.12. The van der Waals surface area contributed by atoms with Gasteiger partial charge in [0.05, 0.1) is 11.4 Å². The first-order valence-corrected chi connectivity index (χ1v) is 9.35. The maximum atomic E-state index is 8.30. The molecule has 3 heterocycles. The van der Waals surface area contributed by atoms with E-state index in [1.807, 2.05) is 68.4 Å².